The molecule has 8 nitrogen and oxygen atoms in total. The number of nitrogens with zero attached hydrogens (tertiary/aromatic N) is 3. The third-order valence-corrected chi connectivity index (χ3v) is 4.25. The molecule has 0 unspecified atom stereocenters. The number of hydrogen-bond acceptors (Lipinski definition) is 4. The molecule has 1 N–H and O–H groups in total. The Morgan fingerprint density at radius 1 is 1.08 bits per heavy atom. The molecule has 0 radical (unpaired) electrons. The van der Waals surface area contributed by atoms with E-state index in [4.69, 9.17) is 0 Å². The van der Waals surface area contributed by atoms with E-state index in [0.717, 1.165) is 5.52 Å². The van der Waals surface area contributed by atoms with Crippen molar-refractivity contribution in [3.8, 4) is 0 Å². The maximum absolute atomic E-state index is 12.5. The van der Waals surface area contributed by atoms with E-state index >= 15 is 0 Å². The predicted octanol–water partition coefficient (Wildman–Crippen LogP) is 3.00. The lowest BCUT2D eigenvalue weighted by Crippen LogP contribution is -2.23. The molecule has 0 atom stereocenters. The van der Waals surface area contributed by atoms with Crippen LogP contribution in [0.1, 0.15) is 24.2 Å². The number of rotatable bonds is 5. The summed E-state index contributed by atoms with van der Waals surface area (Å²) in [5, 5.41) is 13.8. The van der Waals surface area contributed by atoms with Crippen LogP contribution in [0.25, 0.3) is 11.0 Å². The number of carbonyl (C=O) groups is 1. The summed E-state index contributed by atoms with van der Waals surface area (Å²) < 4.78 is 3.28. The van der Waals surface area contributed by atoms with E-state index in [9.17, 15) is 19.7 Å². The van der Waals surface area contributed by atoms with Gasteiger partial charge in [-0.3, -0.25) is 24.0 Å². The maximum atomic E-state index is 12.5. The first-order valence-electron chi connectivity index (χ1n) is 8.25. The summed E-state index contributed by atoms with van der Waals surface area (Å²) in [4.78, 5) is 35.4. The van der Waals surface area contributed by atoms with Gasteiger partial charge < -0.3 is 5.32 Å². The number of fused-ring (bicyclic) bond motifs is 1. The Hall–Kier alpha value is -3.42. The Balaban J connectivity index is 2.01. The highest BCUT2D eigenvalue weighted by atomic mass is 16.6. The molecule has 0 spiro atoms. The average Bonchev–Trinajstić information content (AvgIpc) is 2.91. The summed E-state index contributed by atoms with van der Waals surface area (Å²) in [5.74, 6) is -0.572. The van der Waals surface area contributed by atoms with Gasteiger partial charge in [0.05, 0.1) is 16.0 Å². The van der Waals surface area contributed by atoms with Crippen molar-refractivity contribution in [2.75, 3.05) is 5.32 Å². The van der Waals surface area contributed by atoms with E-state index in [1.54, 1.807) is 33.4 Å². The van der Waals surface area contributed by atoms with Crippen LogP contribution < -0.4 is 11.0 Å². The SMILES string of the molecule is CCn1c(=O)n(CC)c2cc(NC(=O)c3ccccc3[N+](=O)[O-])ccc21. The molecule has 2 aromatic carbocycles. The number of anilines is 1. The normalized spacial score (nSPS) is 10.8. The molecule has 0 saturated heterocycles. The Labute approximate surface area is 148 Å². The van der Waals surface area contributed by atoms with Crippen LogP contribution in [0, 0.1) is 10.1 Å². The number of nitro groups is 1. The smallest absolute Gasteiger partial charge is 0.322 e. The summed E-state index contributed by atoms with van der Waals surface area (Å²) in [6.45, 7) is 4.82. The number of nitro benzene ring substituents is 1. The topological polar surface area (TPSA) is 99.2 Å². The molecular weight excluding hydrogens is 336 g/mol. The molecule has 3 rings (SSSR count). The van der Waals surface area contributed by atoms with Crippen molar-refractivity contribution in [1.29, 1.82) is 0 Å². The minimum atomic E-state index is -0.589. The molecule has 1 aromatic heterocycles. The van der Waals surface area contributed by atoms with E-state index in [2.05, 4.69) is 5.32 Å². The molecule has 8 heteroatoms. The minimum absolute atomic E-state index is 0.0170. The maximum Gasteiger partial charge on any atom is 0.329 e. The second kappa shape index (κ2) is 6.83. The van der Waals surface area contributed by atoms with Gasteiger partial charge in [0.2, 0.25) is 0 Å². The number of aryl methyl sites for hydroxylation is 2. The van der Waals surface area contributed by atoms with E-state index < -0.39 is 10.8 Å². The van der Waals surface area contributed by atoms with Crippen LogP contribution in [-0.2, 0) is 13.1 Å². The van der Waals surface area contributed by atoms with Gasteiger partial charge in [0.1, 0.15) is 5.56 Å². The third kappa shape index (κ3) is 2.85. The molecule has 26 heavy (non-hydrogen) atoms. The Bertz CT molecular complexity index is 1060. The molecule has 3 aromatic rings. The Morgan fingerprint density at radius 2 is 1.73 bits per heavy atom. The zero-order valence-corrected chi connectivity index (χ0v) is 14.4. The molecular formula is C18H18N4O4. The summed E-state index contributed by atoms with van der Waals surface area (Å²) in [6.07, 6.45) is 0. The standard InChI is InChI=1S/C18H18N4O4/c1-3-20-15-10-9-12(11-16(15)21(4-2)18(20)24)19-17(23)13-7-5-6-8-14(13)22(25)26/h5-11H,3-4H2,1-2H3,(H,19,23). The van der Waals surface area contributed by atoms with Gasteiger partial charge in [-0.05, 0) is 38.1 Å². The lowest BCUT2D eigenvalue weighted by molar-refractivity contribution is -0.385. The summed E-state index contributed by atoms with van der Waals surface area (Å²) in [6, 6.07) is 10.9. The zero-order chi connectivity index (χ0) is 18.8. The van der Waals surface area contributed by atoms with Gasteiger partial charge in [0.15, 0.2) is 0 Å². The van der Waals surface area contributed by atoms with Gasteiger partial charge in [0, 0.05) is 24.8 Å². The lowest BCUT2D eigenvalue weighted by Gasteiger charge is -2.07. The molecule has 1 heterocycles. The van der Waals surface area contributed by atoms with E-state index in [1.165, 1.54) is 18.2 Å². The van der Waals surface area contributed by atoms with Crippen molar-refractivity contribution < 1.29 is 9.72 Å². The zero-order valence-electron chi connectivity index (χ0n) is 14.4. The third-order valence-electron chi connectivity index (χ3n) is 4.25. The fourth-order valence-corrected chi connectivity index (χ4v) is 3.03. The fraction of sp³-hybridized carbons (Fsp3) is 0.222. The van der Waals surface area contributed by atoms with Crippen LogP contribution in [-0.4, -0.2) is 20.0 Å². The average molecular weight is 354 g/mol. The van der Waals surface area contributed by atoms with Crippen molar-refractivity contribution in [2.45, 2.75) is 26.9 Å². The summed E-state index contributed by atoms with van der Waals surface area (Å²) in [7, 11) is 0. The molecule has 0 fully saturated rings. The number of imidazole rings is 1. The largest absolute Gasteiger partial charge is 0.329 e. The highest BCUT2D eigenvalue weighted by Crippen LogP contribution is 2.22. The Morgan fingerprint density at radius 3 is 2.38 bits per heavy atom. The molecule has 1 amide bonds. The van der Waals surface area contributed by atoms with Gasteiger partial charge in [-0.1, -0.05) is 12.1 Å². The van der Waals surface area contributed by atoms with Gasteiger partial charge in [-0.15, -0.1) is 0 Å². The lowest BCUT2D eigenvalue weighted by atomic mass is 10.1. The van der Waals surface area contributed by atoms with Crippen molar-refractivity contribution in [1.82, 2.24) is 9.13 Å². The van der Waals surface area contributed by atoms with Crippen molar-refractivity contribution in [3.63, 3.8) is 0 Å². The predicted molar refractivity (Wildman–Crippen MR) is 98.6 cm³/mol. The quantitative estimate of drug-likeness (QED) is 0.562. The number of hydrogen-bond donors (Lipinski definition) is 1. The van der Waals surface area contributed by atoms with E-state index in [0.29, 0.717) is 24.3 Å². The number of nitrogens with one attached hydrogen (secondary N) is 1. The van der Waals surface area contributed by atoms with Crippen LogP contribution >= 0.6 is 0 Å². The van der Waals surface area contributed by atoms with Gasteiger partial charge in [-0.2, -0.15) is 0 Å². The monoisotopic (exact) mass is 354 g/mol. The molecule has 0 aliphatic heterocycles. The molecule has 0 aliphatic carbocycles. The number of aromatic nitrogens is 2. The first-order valence-corrected chi connectivity index (χ1v) is 8.25. The first kappa shape index (κ1) is 17.4. The number of carbonyl (C=O) groups excluding carboxylic acids is 1. The number of para-hydroxylation sites is 1. The second-order valence-electron chi connectivity index (χ2n) is 5.70. The Kier molecular flexibility index (Phi) is 4.57. The minimum Gasteiger partial charge on any atom is -0.322 e. The van der Waals surface area contributed by atoms with E-state index in [1.807, 2.05) is 13.8 Å². The summed E-state index contributed by atoms with van der Waals surface area (Å²) in [5.41, 5.74) is 1.58. The fourth-order valence-electron chi connectivity index (χ4n) is 3.03. The van der Waals surface area contributed by atoms with Crippen LogP contribution in [0.5, 0.6) is 0 Å². The van der Waals surface area contributed by atoms with Crippen LogP contribution in [0.15, 0.2) is 47.3 Å². The van der Waals surface area contributed by atoms with Gasteiger partial charge in [-0.25, -0.2) is 4.79 Å². The number of benzene rings is 2. The van der Waals surface area contributed by atoms with Crippen LogP contribution in [0.4, 0.5) is 11.4 Å². The number of amides is 1. The first-order chi connectivity index (χ1) is 12.5. The van der Waals surface area contributed by atoms with E-state index in [-0.39, 0.29) is 16.9 Å². The molecule has 0 bridgehead atoms. The van der Waals surface area contributed by atoms with Crippen molar-refractivity contribution >= 4 is 28.3 Å². The van der Waals surface area contributed by atoms with Crippen molar-refractivity contribution in [3.05, 3.63) is 68.6 Å². The summed E-state index contributed by atoms with van der Waals surface area (Å²) >= 11 is 0. The van der Waals surface area contributed by atoms with Crippen LogP contribution in [0.2, 0.25) is 0 Å². The van der Waals surface area contributed by atoms with Gasteiger partial charge in [0.25, 0.3) is 11.6 Å². The van der Waals surface area contributed by atoms with Crippen molar-refractivity contribution in [2.24, 2.45) is 0 Å². The van der Waals surface area contributed by atoms with Gasteiger partial charge >= 0.3 is 5.69 Å². The second-order valence-corrected chi connectivity index (χ2v) is 5.70. The van der Waals surface area contributed by atoms with Crippen LogP contribution in [0.3, 0.4) is 0 Å². The highest BCUT2D eigenvalue weighted by Gasteiger charge is 2.20. The highest BCUT2D eigenvalue weighted by molar-refractivity contribution is 6.07. The molecule has 0 aliphatic rings. The molecule has 134 valence electrons. The molecule has 0 saturated carbocycles.